The van der Waals surface area contributed by atoms with Gasteiger partial charge in [0, 0.05) is 23.4 Å². The average molecular weight is 236 g/mol. The van der Waals surface area contributed by atoms with Crippen molar-refractivity contribution in [3.63, 3.8) is 0 Å². The van der Waals surface area contributed by atoms with Crippen LogP contribution >= 0.6 is 23.4 Å². The van der Waals surface area contributed by atoms with Gasteiger partial charge in [-0.3, -0.25) is 0 Å². The molecule has 1 nitrogen and oxygen atoms in total. The Kier molecular flexibility index (Phi) is 7.79. The largest absolute Gasteiger partial charge is 0.312 e. The average Bonchev–Trinajstić information content (AvgIpc) is 2.25. The molecule has 0 spiro atoms. The van der Waals surface area contributed by atoms with Crippen molar-refractivity contribution in [3.8, 4) is 0 Å². The normalized spacial score (nSPS) is 13.4. The maximum atomic E-state index is 5.60. The van der Waals surface area contributed by atoms with Crippen molar-refractivity contribution in [3.05, 3.63) is 11.1 Å². The van der Waals surface area contributed by atoms with Crippen LogP contribution in [-0.4, -0.2) is 24.1 Å². The van der Waals surface area contributed by atoms with Crippen LogP contribution in [0.3, 0.4) is 0 Å². The minimum atomic E-state index is 0.395. The molecule has 0 rings (SSSR count). The fourth-order valence-electron chi connectivity index (χ4n) is 1.39. The number of nitrogens with one attached hydrogen (secondary N) is 1. The molecule has 0 aliphatic heterocycles. The second kappa shape index (κ2) is 7.61. The summed E-state index contributed by atoms with van der Waals surface area (Å²) in [5.41, 5.74) is 2.83. The second-order valence-corrected chi connectivity index (χ2v) is 5.15. The zero-order valence-corrected chi connectivity index (χ0v) is 11.3. The fraction of sp³-hybridized carbons (Fsp3) is 0.818. The van der Waals surface area contributed by atoms with Crippen LogP contribution in [0.1, 0.15) is 33.6 Å². The Bertz CT molecular complexity index is 168. The van der Waals surface area contributed by atoms with Crippen LogP contribution < -0.4 is 5.32 Å². The summed E-state index contributed by atoms with van der Waals surface area (Å²) < 4.78 is 0.395. The Balaban J connectivity index is 3.94. The summed E-state index contributed by atoms with van der Waals surface area (Å²) in [6, 6.07) is 0. The van der Waals surface area contributed by atoms with E-state index in [-0.39, 0.29) is 0 Å². The zero-order valence-electron chi connectivity index (χ0n) is 9.69. The first-order valence-electron chi connectivity index (χ1n) is 5.15. The zero-order chi connectivity index (χ0) is 11.0. The lowest BCUT2D eigenvalue weighted by Gasteiger charge is -2.30. The van der Waals surface area contributed by atoms with Crippen molar-refractivity contribution in [2.24, 2.45) is 0 Å². The minimum absolute atomic E-state index is 0.395. The summed E-state index contributed by atoms with van der Waals surface area (Å²) in [6.45, 7) is 8.51. The van der Waals surface area contributed by atoms with Gasteiger partial charge in [-0.15, -0.1) is 0 Å². The van der Waals surface area contributed by atoms with Crippen molar-refractivity contribution in [2.45, 2.75) is 38.4 Å². The lowest BCUT2D eigenvalue weighted by Crippen LogP contribution is -2.37. The van der Waals surface area contributed by atoms with Gasteiger partial charge in [-0.05, 0) is 31.6 Å². The summed E-state index contributed by atoms with van der Waals surface area (Å²) >= 11 is 7.56. The van der Waals surface area contributed by atoms with Gasteiger partial charge in [0.2, 0.25) is 0 Å². The van der Waals surface area contributed by atoms with Gasteiger partial charge in [-0.25, -0.2) is 0 Å². The van der Waals surface area contributed by atoms with E-state index in [1.165, 1.54) is 18.4 Å². The summed E-state index contributed by atoms with van der Waals surface area (Å²) in [4.78, 5) is 0. The molecule has 0 saturated carbocycles. The highest BCUT2D eigenvalue weighted by molar-refractivity contribution is 8.00. The van der Waals surface area contributed by atoms with E-state index in [2.05, 4.69) is 25.4 Å². The first-order chi connectivity index (χ1) is 6.64. The number of halogens is 1. The van der Waals surface area contributed by atoms with Crippen molar-refractivity contribution in [2.75, 3.05) is 19.3 Å². The van der Waals surface area contributed by atoms with E-state index in [1.54, 1.807) is 5.54 Å². The Morgan fingerprint density at radius 3 is 2.36 bits per heavy atom. The predicted octanol–water partition coefficient (Wildman–Crippen LogP) is 3.64. The van der Waals surface area contributed by atoms with Gasteiger partial charge >= 0.3 is 0 Å². The monoisotopic (exact) mass is 235 g/mol. The quantitative estimate of drug-likeness (QED) is 0.723. The van der Waals surface area contributed by atoms with Crippen molar-refractivity contribution in [1.29, 1.82) is 0 Å². The maximum absolute atomic E-state index is 5.60. The highest BCUT2D eigenvalue weighted by Gasteiger charge is 2.23. The van der Waals surface area contributed by atoms with E-state index in [0.717, 1.165) is 13.1 Å². The molecular weight excluding hydrogens is 214 g/mol. The van der Waals surface area contributed by atoms with Gasteiger partial charge in [0.1, 0.15) is 0 Å². The van der Waals surface area contributed by atoms with Gasteiger partial charge < -0.3 is 5.32 Å². The smallest absolute Gasteiger partial charge is 0.0276 e. The Morgan fingerprint density at radius 1 is 1.43 bits per heavy atom. The Labute approximate surface area is 97.7 Å². The first-order valence-corrected chi connectivity index (χ1v) is 6.82. The summed E-state index contributed by atoms with van der Waals surface area (Å²) in [6.07, 6.45) is 4.61. The molecule has 14 heavy (non-hydrogen) atoms. The highest BCUT2D eigenvalue weighted by atomic mass is 35.5. The van der Waals surface area contributed by atoms with E-state index in [1.807, 2.05) is 18.7 Å². The molecule has 0 radical (unpaired) electrons. The molecule has 0 bridgehead atoms. The molecule has 1 N–H and O–H groups in total. The third kappa shape index (κ3) is 4.72. The lowest BCUT2D eigenvalue weighted by atomic mass is 10.0. The van der Waals surface area contributed by atoms with Crippen LogP contribution in [0.2, 0.25) is 0 Å². The van der Waals surface area contributed by atoms with Crippen molar-refractivity contribution in [1.82, 2.24) is 5.32 Å². The van der Waals surface area contributed by atoms with E-state index < -0.39 is 0 Å². The standard InChI is InChI=1S/C11H22ClNS/c1-5-11(6-2,14-4)9-13-8-10(3)7-12/h7,13H,5-6,8-9H2,1-4H3. The molecule has 84 valence electrons. The molecule has 0 aromatic heterocycles. The van der Waals surface area contributed by atoms with Crippen LogP contribution in [0.4, 0.5) is 0 Å². The summed E-state index contributed by atoms with van der Waals surface area (Å²) in [5.74, 6) is 0. The molecule has 0 aliphatic rings. The lowest BCUT2D eigenvalue weighted by molar-refractivity contribution is 0.506. The SMILES string of the molecule is CCC(CC)(CNCC(C)=CCl)SC. The van der Waals surface area contributed by atoms with Gasteiger partial charge in [0.15, 0.2) is 0 Å². The predicted molar refractivity (Wildman–Crippen MR) is 69.3 cm³/mol. The third-order valence-electron chi connectivity index (χ3n) is 2.76. The Hall–Kier alpha value is 0.340. The van der Waals surface area contributed by atoms with Gasteiger partial charge in [0.25, 0.3) is 0 Å². The highest BCUT2D eigenvalue weighted by Crippen LogP contribution is 2.29. The first kappa shape index (κ1) is 14.3. The molecule has 0 aromatic carbocycles. The maximum Gasteiger partial charge on any atom is 0.0276 e. The fourth-order valence-corrected chi connectivity index (χ4v) is 2.29. The Morgan fingerprint density at radius 2 is 2.00 bits per heavy atom. The van der Waals surface area contributed by atoms with Gasteiger partial charge in [-0.2, -0.15) is 11.8 Å². The van der Waals surface area contributed by atoms with E-state index in [4.69, 9.17) is 11.6 Å². The van der Waals surface area contributed by atoms with E-state index >= 15 is 0 Å². The number of rotatable bonds is 7. The topological polar surface area (TPSA) is 12.0 Å². The second-order valence-electron chi connectivity index (χ2n) is 3.65. The van der Waals surface area contributed by atoms with Crippen LogP contribution in [0.5, 0.6) is 0 Å². The molecule has 0 saturated heterocycles. The molecule has 0 amide bonds. The van der Waals surface area contributed by atoms with Gasteiger partial charge in [-0.1, -0.05) is 25.4 Å². The van der Waals surface area contributed by atoms with Gasteiger partial charge in [0.05, 0.1) is 0 Å². The number of thioether (sulfide) groups is 1. The molecule has 0 atom stereocenters. The van der Waals surface area contributed by atoms with E-state index in [9.17, 15) is 0 Å². The molecule has 0 unspecified atom stereocenters. The van der Waals surface area contributed by atoms with Crippen molar-refractivity contribution < 1.29 is 0 Å². The number of hydrogen-bond donors (Lipinski definition) is 1. The molecule has 3 heteroatoms. The minimum Gasteiger partial charge on any atom is -0.312 e. The molecular formula is C11H22ClNS. The molecule has 0 fully saturated rings. The molecule has 0 heterocycles. The molecule has 0 aromatic rings. The summed E-state index contributed by atoms with van der Waals surface area (Å²) in [5, 5.41) is 3.46. The van der Waals surface area contributed by atoms with Crippen LogP contribution in [-0.2, 0) is 0 Å². The third-order valence-corrected chi connectivity index (χ3v) is 4.72. The number of hydrogen-bond acceptors (Lipinski definition) is 2. The van der Waals surface area contributed by atoms with Crippen molar-refractivity contribution >= 4 is 23.4 Å². The molecule has 0 aliphatic carbocycles. The van der Waals surface area contributed by atoms with Crippen LogP contribution in [0, 0.1) is 0 Å². The van der Waals surface area contributed by atoms with E-state index in [0.29, 0.717) is 4.75 Å². The summed E-state index contributed by atoms with van der Waals surface area (Å²) in [7, 11) is 0. The van der Waals surface area contributed by atoms with Crippen LogP contribution in [0.15, 0.2) is 11.1 Å². The van der Waals surface area contributed by atoms with Crippen LogP contribution in [0.25, 0.3) is 0 Å².